The number of pyridine rings is 1. The molecule has 5 heteroatoms. The summed E-state index contributed by atoms with van der Waals surface area (Å²) in [4.78, 5) is 39.0. The Morgan fingerprint density at radius 2 is 2.00 bits per heavy atom. The molecule has 0 saturated carbocycles. The van der Waals surface area contributed by atoms with Crippen molar-refractivity contribution in [1.82, 2.24) is 4.98 Å². The number of rotatable bonds is 2. The molecule has 1 aromatic carbocycles. The molecule has 1 aliphatic carbocycles. The van der Waals surface area contributed by atoms with E-state index in [9.17, 15) is 14.4 Å². The van der Waals surface area contributed by atoms with E-state index in [1.54, 1.807) is 6.07 Å². The Morgan fingerprint density at radius 3 is 2.77 bits per heavy atom. The fourth-order valence-electron chi connectivity index (χ4n) is 2.66. The molecule has 5 nitrogen and oxygen atoms in total. The van der Waals surface area contributed by atoms with E-state index in [1.807, 2.05) is 25.1 Å². The summed E-state index contributed by atoms with van der Waals surface area (Å²) in [6, 6.07) is 8.73. The van der Waals surface area contributed by atoms with Crippen LogP contribution in [-0.2, 0) is 6.42 Å². The van der Waals surface area contributed by atoms with Crippen LogP contribution in [0.15, 0.2) is 35.1 Å². The molecule has 0 radical (unpaired) electrons. The van der Waals surface area contributed by atoms with Gasteiger partial charge in [-0.25, -0.2) is 0 Å². The first-order chi connectivity index (χ1) is 10.5. The van der Waals surface area contributed by atoms with E-state index in [-0.39, 0.29) is 11.3 Å². The highest BCUT2D eigenvalue weighted by atomic mass is 16.2. The van der Waals surface area contributed by atoms with Gasteiger partial charge in [-0.3, -0.25) is 14.4 Å². The third-order valence-electron chi connectivity index (χ3n) is 3.77. The maximum atomic E-state index is 12.3. The minimum atomic E-state index is -0.506. The number of nitrogens with one attached hydrogen (secondary N) is 2. The second-order valence-corrected chi connectivity index (χ2v) is 5.50. The van der Waals surface area contributed by atoms with Gasteiger partial charge in [0.1, 0.15) is 5.56 Å². The van der Waals surface area contributed by atoms with Crippen LogP contribution >= 0.6 is 0 Å². The summed E-state index contributed by atoms with van der Waals surface area (Å²) in [6.07, 6.45) is 1.85. The Hall–Kier alpha value is -2.69. The molecule has 1 aliphatic rings. The topological polar surface area (TPSA) is 79.0 Å². The molecule has 0 fully saturated rings. The second kappa shape index (κ2) is 5.60. The number of aryl methyl sites for hydroxylation is 2. The SMILES string of the molecule is Cc1cccc(NC(=O)c2cc3c([nH]c2=O)CCCC3=O)c1. The molecule has 22 heavy (non-hydrogen) atoms. The normalized spacial score (nSPS) is 13.6. The lowest BCUT2D eigenvalue weighted by Gasteiger charge is -2.15. The standard InChI is InChI=1S/C17H16N2O3/c1-10-4-2-5-11(8-10)18-16(21)13-9-12-14(19-17(13)22)6-3-7-15(12)20/h2,4-5,8-9H,3,6-7H2,1H3,(H,18,21)(H,19,22). The van der Waals surface area contributed by atoms with Crippen LogP contribution in [0.25, 0.3) is 0 Å². The van der Waals surface area contributed by atoms with Gasteiger partial charge >= 0.3 is 0 Å². The van der Waals surface area contributed by atoms with Crippen LogP contribution in [0.1, 0.15) is 44.8 Å². The van der Waals surface area contributed by atoms with Gasteiger partial charge < -0.3 is 10.3 Å². The van der Waals surface area contributed by atoms with Gasteiger partial charge in [0.2, 0.25) is 0 Å². The van der Waals surface area contributed by atoms with Gasteiger partial charge in [0.15, 0.2) is 5.78 Å². The molecular weight excluding hydrogens is 280 g/mol. The maximum absolute atomic E-state index is 12.3. The quantitative estimate of drug-likeness (QED) is 0.893. The number of aromatic nitrogens is 1. The van der Waals surface area contributed by atoms with Gasteiger partial charge in [0.25, 0.3) is 11.5 Å². The van der Waals surface area contributed by atoms with Gasteiger partial charge in [0, 0.05) is 23.4 Å². The fourth-order valence-corrected chi connectivity index (χ4v) is 2.66. The van der Waals surface area contributed by atoms with Crippen molar-refractivity contribution in [3.8, 4) is 0 Å². The van der Waals surface area contributed by atoms with Crippen molar-refractivity contribution in [2.45, 2.75) is 26.2 Å². The molecule has 0 atom stereocenters. The minimum Gasteiger partial charge on any atom is -0.325 e. The summed E-state index contributed by atoms with van der Waals surface area (Å²) in [5.41, 5.74) is 2.23. The summed E-state index contributed by atoms with van der Waals surface area (Å²) >= 11 is 0. The Balaban J connectivity index is 1.94. The monoisotopic (exact) mass is 296 g/mol. The number of carbonyl (C=O) groups is 2. The lowest BCUT2D eigenvalue weighted by molar-refractivity contribution is 0.0971. The van der Waals surface area contributed by atoms with E-state index < -0.39 is 11.5 Å². The highest BCUT2D eigenvalue weighted by Crippen LogP contribution is 2.19. The molecule has 2 aromatic rings. The number of Topliss-reactive ketones (excluding diaryl/α,β-unsaturated/α-hetero) is 1. The summed E-state index contributed by atoms with van der Waals surface area (Å²) in [6.45, 7) is 1.92. The van der Waals surface area contributed by atoms with Gasteiger partial charge in [0.05, 0.1) is 0 Å². The van der Waals surface area contributed by atoms with Gasteiger partial charge in [-0.2, -0.15) is 0 Å². The van der Waals surface area contributed by atoms with E-state index in [0.29, 0.717) is 29.8 Å². The number of hydrogen-bond donors (Lipinski definition) is 2. The van der Waals surface area contributed by atoms with E-state index in [4.69, 9.17) is 0 Å². The lowest BCUT2D eigenvalue weighted by Crippen LogP contribution is -2.27. The van der Waals surface area contributed by atoms with Gasteiger partial charge in [-0.15, -0.1) is 0 Å². The first kappa shape index (κ1) is 14.3. The van der Waals surface area contributed by atoms with Crippen molar-refractivity contribution < 1.29 is 9.59 Å². The summed E-state index contributed by atoms with van der Waals surface area (Å²) in [5, 5.41) is 2.69. The van der Waals surface area contributed by atoms with Crippen LogP contribution in [0.4, 0.5) is 5.69 Å². The lowest BCUT2D eigenvalue weighted by atomic mass is 9.93. The van der Waals surface area contributed by atoms with Crippen LogP contribution in [0.3, 0.4) is 0 Å². The fraction of sp³-hybridized carbons (Fsp3) is 0.235. The summed E-state index contributed by atoms with van der Waals surface area (Å²) < 4.78 is 0. The predicted octanol–water partition coefficient (Wildman–Crippen LogP) is 2.45. The molecule has 1 heterocycles. The molecule has 112 valence electrons. The molecule has 2 N–H and O–H groups in total. The number of fused-ring (bicyclic) bond motifs is 1. The summed E-state index contributed by atoms with van der Waals surface area (Å²) in [5.74, 6) is -0.532. The number of ketones is 1. The number of carbonyl (C=O) groups excluding carboxylic acids is 2. The summed E-state index contributed by atoms with van der Waals surface area (Å²) in [7, 11) is 0. The van der Waals surface area contributed by atoms with Crippen LogP contribution in [0, 0.1) is 6.92 Å². The Morgan fingerprint density at radius 1 is 1.18 bits per heavy atom. The molecular formula is C17H16N2O3. The largest absolute Gasteiger partial charge is 0.325 e. The molecule has 3 rings (SSSR count). The predicted molar refractivity (Wildman–Crippen MR) is 83.5 cm³/mol. The number of amides is 1. The van der Waals surface area contributed by atoms with Gasteiger partial charge in [-0.1, -0.05) is 12.1 Å². The Bertz CT molecular complexity index is 821. The number of H-pyrrole nitrogens is 1. The number of aromatic amines is 1. The molecule has 0 bridgehead atoms. The van der Waals surface area contributed by atoms with Crippen LogP contribution in [-0.4, -0.2) is 16.7 Å². The van der Waals surface area contributed by atoms with Crippen LogP contribution in [0.2, 0.25) is 0 Å². The molecule has 0 unspecified atom stereocenters. The van der Waals surface area contributed by atoms with E-state index in [2.05, 4.69) is 10.3 Å². The van der Waals surface area contributed by atoms with Gasteiger partial charge in [-0.05, 0) is 43.5 Å². The molecule has 1 amide bonds. The van der Waals surface area contributed by atoms with Crippen molar-refractivity contribution in [1.29, 1.82) is 0 Å². The Labute approximate surface area is 127 Å². The van der Waals surface area contributed by atoms with Crippen molar-refractivity contribution in [3.05, 3.63) is 63.1 Å². The van der Waals surface area contributed by atoms with E-state index in [0.717, 1.165) is 12.0 Å². The minimum absolute atomic E-state index is 0.0258. The first-order valence-corrected chi connectivity index (χ1v) is 7.22. The average molecular weight is 296 g/mol. The van der Waals surface area contributed by atoms with Crippen molar-refractivity contribution >= 4 is 17.4 Å². The van der Waals surface area contributed by atoms with Crippen LogP contribution < -0.4 is 10.9 Å². The molecule has 0 spiro atoms. The smallest absolute Gasteiger partial charge is 0.261 e. The van der Waals surface area contributed by atoms with E-state index >= 15 is 0 Å². The molecule has 1 aromatic heterocycles. The second-order valence-electron chi connectivity index (χ2n) is 5.50. The first-order valence-electron chi connectivity index (χ1n) is 7.22. The zero-order valence-corrected chi connectivity index (χ0v) is 12.2. The highest BCUT2D eigenvalue weighted by Gasteiger charge is 2.22. The van der Waals surface area contributed by atoms with E-state index in [1.165, 1.54) is 6.07 Å². The number of anilines is 1. The van der Waals surface area contributed by atoms with Crippen LogP contribution in [0.5, 0.6) is 0 Å². The highest BCUT2D eigenvalue weighted by molar-refractivity contribution is 6.06. The van der Waals surface area contributed by atoms with Crippen molar-refractivity contribution in [2.24, 2.45) is 0 Å². The number of hydrogen-bond acceptors (Lipinski definition) is 3. The zero-order chi connectivity index (χ0) is 15.7. The average Bonchev–Trinajstić information content (AvgIpc) is 2.46. The zero-order valence-electron chi connectivity index (χ0n) is 12.2. The Kier molecular flexibility index (Phi) is 3.63. The molecule has 0 saturated heterocycles. The maximum Gasteiger partial charge on any atom is 0.261 e. The molecule has 0 aliphatic heterocycles. The number of benzene rings is 1. The third-order valence-corrected chi connectivity index (χ3v) is 3.77. The van der Waals surface area contributed by atoms with Crippen molar-refractivity contribution in [3.63, 3.8) is 0 Å². The van der Waals surface area contributed by atoms with Crippen molar-refractivity contribution in [2.75, 3.05) is 5.32 Å². The third kappa shape index (κ3) is 2.70.